The lowest BCUT2D eigenvalue weighted by atomic mass is 10.00. The van der Waals surface area contributed by atoms with E-state index >= 15 is 0 Å². The molecule has 1 aromatic heterocycles. The fourth-order valence-electron chi connectivity index (χ4n) is 2.98. The summed E-state index contributed by atoms with van der Waals surface area (Å²) in [5, 5.41) is 2.76. The van der Waals surface area contributed by atoms with Crippen LogP contribution in [-0.2, 0) is 16.1 Å². The monoisotopic (exact) mass is 366 g/mol. The summed E-state index contributed by atoms with van der Waals surface area (Å²) >= 11 is 0. The summed E-state index contributed by atoms with van der Waals surface area (Å²) in [5.41, 5.74) is 8.22. The highest BCUT2D eigenvalue weighted by molar-refractivity contribution is 6.10. The van der Waals surface area contributed by atoms with Crippen LogP contribution >= 0.6 is 0 Å². The number of ketones is 1. The number of hydrogen-bond donors (Lipinski definition) is 2. The molecule has 1 aromatic carbocycles. The second-order valence-electron chi connectivity index (χ2n) is 6.50. The zero-order valence-electron chi connectivity index (χ0n) is 15.4. The van der Waals surface area contributed by atoms with Crippen LogP contribution in [0.1, 0.15) is 30.7 Å². The van der Waals surface area contributed by atoms with Gasteiger partial charge in [-0.15, -0.1) is 0 Å². The van der Waals surface area contributed by atoms with Crippen molar-refractivity contribution in [1.82, 2.24) is 20.3 Å². The topological polar surface area (TPSA) is 114 Å². The Hall–Kier alpha value is -3.29. The number of nitrogens with two attached hydrogens (primary N) is 1. The molecule has 8 heteroatoms. The zero-order chi connectivity index (χ0) is 19.4. The van der Waals surface area contributed by atoms with Crippen molar-refractivity contribution in [3.05, 3.63) is 47.3 Å². The first kappa shape index (κ1) is 18.5. The van der Waals surface area contributed by atoms with Gasteiger partial charge in [-0.2, -0.15) is 15.0 Å². The molecule has 8 nitrogen and oxygen atoms in total. The molecular formula is C19H22N6O2. The van der Waals surface area contributed by atoms with Crippen LogP contribution < -0.4 is 16.0 Å². The van der Waals surface area contributed by atoms with Gasteiger partial charge in [0, 0.05) is 26.1 Å². The third kappa shape index (κ3) is 4.46. The van der Waals surface area contributed by atoms with Gasteiger partial charge >= 0.3 is 0 Å². The van der Waals surface area contributed by atoms with E-state index in [4.69, 9.17) is 5.73 Å². The standard InChI is InChI=1S/C19H22N6O2/c1-25(2)19-23-16(22-18(20)24-19)11-21-17(27)10-14-13(8-9-15(14)26)12-6-4-3-5-7-12/h3-7H,8-11H2,1-2H3,(H,21,27)(H2,20,22,23,24). The number of carbonyl (C=O) groups is 2. The molecule has 1 amide bonds. The van der Waals surface area contributed by atoms with E-state index in [1.165, 1.54) is 0 Å². The fourth-order valence-corrected chi connectivity index (χ4v) is 2.98. The maximum Gasteiger partial charge on any atom is 0.229 e. The molecule has 27 heavy (non-hydrogen) atoms. The number of nitrogen functional groups attached to an aromatic ring is 1. The van der Waals surface area contributed by atoms with Gasteiger partial charge in [0.05, 0.1) is 13.0 Å². The van der Waals surface area contributed by atoms with E-state index in [1.54, 1.807) is 19.0 Å². The van der Waals surface area contributed by atoms with Crippen molar-refractivity contribution in [2.75, 3.05) is 24.7 Å². The summed E-state index contributed by atoms with van der Waals surface area (Å²) in [4.78, 5) is 38.6. The normalized spacial score (nSPS) is 13.8. The molecule has 0 atom stereocenters. The number of nitrogens with one attached hydrogen (secondary N) is 1. The van der Waals surface area contributed by atoms with Crippen molar-refractivity contribution in [2.45, 2.75) is 25.8 Å². The summed E-state index contributed by atoms with van der Waals surface area (Å²) in [6.45, 7) is 0.120. The molecular weight excluding hydrogens is 344 g/mol. The number of rotatable bonds is 6. The summed E-state index contributed by atoms with van der Waals surface area (Å²) in [5.74, 6) is 0.668. The molecule has 1 aliphatic rings. The maximum absolute atomic E-state index is 12.4. The largest absolute Gasteiger partial charge is 0.368 e. The van der Waals surface area contributed by atoms with Crippen molar-refractivity contribution in [3.63, 3.8) is 0 Å². The predicted molar refractivity (Wildman–Crippen MR) is 103 cm³/mol. The summed E-state index contributed by atoms with van der Waals surface area (Å²) in [6.07, 6.45) is 1.16. The lowest BCUT2D eigenvalue weighted by Gasteiger charge is -2.12. The van der Waals surface area contributed by atoms with Crippen LogP contribution in [0.15, 0.2) is 35.9 Å². The number of allylic oxidation sites excluding steroid dienone is 1. The van der Waals surface area contributed by atoms with E-state index in [2.05, 4.69) is 20.3 Å². The molecule has 1 heterocycles. The molecule has 0 bridgehead atoms. The number of hydrogen-bond acceptors (Lipinski definition) is 7. The minimum absolute atomic E-state index is 0.0308. The van der Waals surface area contributed by atoms with Crippen molar-refractivity contribution >= 4 is 29.2 Å². The van der Waals surface area contributed by atoms with Gasteiger partial charge in [-0.05, 0) is 17.6 Å². The minimum Gasteiger partial charge on any atom is -0.368 e. The van der Waals surface area contributed by atoms with Crippen molar-refractivity contribution < 1.29 is 9.59 Å². The number of benzene rings is 1. The highest BCUT2D eigenvalue weighted by Crippen LogP contribution is 2.33. The summed E-state index contributed by atoms with van der Waals surface area (Å²) < 4.78 is 0. The van der Waals surface area contributed by atoms with Gasteiger partial charge < -0.3 is 16.0 Å². The van der Waals surface area contributed by atoms with Crippen LogP contribution in [0.25, 0.3) is 5.57 Å². The van der Waals surface area contributed by atoms with Gasteiger partial charge in [-0.1, -0.05) is 30.3 Å². The van der Waals surface area contributed by atoms with E-state index in [0.717, 1.165) is 11.1 Å². The Kier molecular flexibility index (Phi) is 5.44. The van der Waals surface area contributed by atoms with E-state index in [-0.39, 0.29) is 30.6 Å². The molecule has 140 valence electrons. The molecule has 0 saturated carbocycles. The van der Waals surface area contributed by atoms with Gasteiger partial charge in [0.15, 0.2) is 11.6 Å². The molecule has 3 N–H and O–H groups in total. The second kappa shape index (κ2) is 7.94. The molecule has 0 spiro atoms. The highest BCUT2D eigenvalue weighted by atomic mass is 16.2. The number of nitrogens with zero attached hydrogens (tertiary/aromatic N) is 4. The van der Waals surface area contributed by atoms with Crippen LogP contribution in [0, 0.1) is 0 Å². The van der Waals surface area contributed by atoms with Gasteiger partial charge in [-0.25, -0.2) is 0 Å². The van der Waals surface area contributed by atoms with Crippen LogP contribution in [0.5, 0.6) is 0 Å². The first-order valence-electron chi connectivity index (χ1n) is 8.69. The Morgan fingerprint density at radius 3 is 2.59 bits per heavy atom. The number of aromatic nitrogens is 3. The van der Waals surface area contributed by atoms with Crippen molar-refractivity contribution in [1.29, 1.82) is 0 Å². The Morgan fingerprint density at radius 1 is 1.15 bits per heavy atom. The van der Waals surface area contributed by atoms with Crippen LogP contribution in [-0.4, -0.2) is 40.7 Å². The van der Waals surface area contributed by atoms with E-state index in [1.807, 2.05) is 30.3 Å². The van der Waals surface area contributed by atoms with Gasteiger partial charge in [0.25, 0.3) is 0 Å². The lowest BCUT2D eigenvalue weighted by Crippen LogP contribution is -2.26. The Bertz CT molecular complexity index is 892. The van der Waals surface area contributed by atoms with E-state index in [9.17, 15) is 9.59 Å². The number of anilines is 2. The molecule has 1 aliphatic carbocycles. The quantitative estimate of drug-likeness (QED) is 0.793. The molecule has 0 aliphatic heterocycles. The number of carbonyl (C=O) groups excluding carboxylic acids is 2. The third-order valence-electron chi connectivity index (χ3n) is 4.29. The lowest BCUT2D eigenvalue weighted by molar-refractivity contribution is -0.122. The Labute approximate surface area is 157 Å². The second-order valence-corrected chi connectivity index (χ2v) is 6.50. The Balaban J connectivity index is 1.69. The highest BCUT2D eigenvalue weighted by Gasteiger charge is 2.25. The van der Waals surface area contributed by atoms with Gasteiger partial charge in [-0.3, -0.25) is 9.59 Å². The van der Waals surface area contributed by atoms with Crippen LogP contribution in [0.3, 0.4) is 0 Å². The van der Waals surface area contributed by atoms with Crippen LogP contribution in [0.2, 0.25) is 0 Å². The third-order valence-corrected chi connectivity index (χ3v) is 4.29. The molecule has 3 rings (SSSR count). The summed E-state index contributed by atoms with van der Waals surface area (Å²) in [6, 6.07) is 9.70. The van der Waals surface area contributed by atoms with Gasteiger partial charge in [0.2, 0.25) is 17.8 Å². The number of amides is 1. The van der Waals surface area contributed by atoms with Gasteiger partial charge in [0.1, 0.15) is 0 Å². The average molecular weight is 366 g/mol. The van der Waals surface area contributed by atoms with Crippen molar-refractivity contribution in [2.24, 2.45) is 0 Å². The zero-order valence-corrected chi connectivity index (χ0v) is 15.4. The molecule has 2 aromatic rings. The number of Topliss-reactive ketones (excluding diaryl/α,β-unsaturated/α-hetero) is 1. The Morgan fingerprint density at radius 2 is 1.89 bits per heavy atom. The SMILES string of the molecule is CN(C)c1nc(N)nc(CNC(=O)CC2=C(c3ccccc3)CCC2=O)n1. The fraction of sp³-hybridized carbons (Fsp3) is 0.316. The predicted octanol–water partition coefficient (Wildman–Crippen LogP) is 1.34. The maximum atomic E-state index is 12.4. The van der Waals surface area contributed by atoms with E-state index in [0.29, 0.717) is 30.2 Å². The molecule has 0 saturated heterocycles. The molecule has 0 radical (unpaired) electrons. The first-order chi connectivity index (χ1) is 12.9. The van der Waals surface area contributed by atoms with E-state index < -0.39 is 0 Å². The minimum atomic E-state index is -0.251. The molecule has 0 unspecified atom stereocenters. The first-order valence-corrected chi connectivity index (χ1v) is 8.69. The van der Waals surface area contributed by atoms with Crippen LogP contribution in [0.4, 0.5) is 11.9 Å². The smallest absolute Gasteiger partial charge is 0.229 e. The summed E-state index contributed by atoms with van der Waals surface area (Å²) in [7, 11) is 3.58. The van der Waals surface area contributed by atoms with Crippen molar-refractivity contribution in [3.8, 4) is 0 Å². The molecule has 0 fully saturated rings. The average Bonchev–Trinajstić information content (AvgIpc) is 3.01.